The van der Waals surface area contributed by atoms with Crippen molar-refractivity contribution in [3.8, 4) is 0 Å². The maximum Gasteiger partial charge on any atom is 0.339 e. The number of carbonyl (C=O) groups is 1. The van der Waals surface area contributed by atoms with Gasteiger partial charge in [-0.3, -0.25) is 0 Å². The molecule has 0 radical (unpaired) electrons. The Morgan fingerprint density at radius 2 is 2.19 bits per heavy atom. The number of carboxylic acid groups (broad SMARTS) is 1. The molecule has 0 spiro atoms. The molecule has 0 unspecified atom stereocenters. The first kappa shape index (κ1) is 12.6. The van der Waals surface area contributed by atoms with Crippen LogP contribution in [0.5, 0.6) is 0 Å². The largest absolute Gasteiger partial charge is 0.478 e. The summed E-state index contributed by atoms with van der Waals surface area (Å²) < 4.78 is 0. The van der Waals surface area contributed by atoms with Gasteiger partial charge in [-0.25, -0.2) is 14.8 Å². The number of nitrogens with zero attached hydrogens (tertiary/aromatic N) is 2. The Labute approximate surface area is 94.9 Å². The fourth-order valence-electron chi connectivity index (χ4n) is 1.23. The molecular weight excluding hydrogens is 206 g/mol. The van der Waals surface area contributed by atoms with Gasteiger partial charge in [0, 0.05) is 19.3 Å². The Kier molecular flexibility index (Phi) is 3.95. The number of hydrogen-bond donors (Lipinski definition) is 2. The third-order valence-corrected chi connectivity index (χ3v) is 1.97. The van der Waals surface area contributed by atoms with Crippen LogP contribution >= 0.6 is 0 Å². The van der Waals surface area contributed by atoms with Gasteiger partial charge >= 0.3 is 5.97 Å². The van der Waals surface area contributed by atoms with Crippen molar-refractivity contribution in [1.29, 1.82) is 0 Å². The van der Waals surface area contributed by atoms with Crippen LogP contribution in [0.2, 0.25) is 0 Å². The molecule has 5 nitrogen and oxygen atoms in total. The monoisotopic (exact) mass is 223 g/mol. The normalized spacial score (nSPS) is 11.4. The van der Waals surface area contributed by atoms with Crippen LogP contribution in [0, 0.1) is 5.41 Å². The predicted octanol–water partition coefficient (Wildman–Crippen LogP) is 1.31. The van der Waals surface area contributed by atoms with Crippen LogP contribution in [-0.2, 0) is 6.54 Å². The molecule has 0 aliphatic rings. The summed E-state index contributed by atoms with van der Waals surface area (Å²) >= 11 is 0. The average Bonchev–Trinajstić information content (AvgIpc) is 2.16. The van der Waals surface area contributed by atoms with Crippen LogP contribution in [-0.4, -0.2) is 27.6 Å². The van der Waals surface area contributed by atoms with Gasteiger partial charge in [-0.1, -0.05) is 20.8 Å². The molecule has 88 valence electrons. The minimum atomic E-state index is -0.992. The summed E-state index contributed by atoms with van der Waals surface area (Å²) in [5.41, 5.74) is 0.840. The third-order valence-electron chi connectivity index (χ3n) is 1.97. The molecule has 0 aromatic carbocycles. The van der Waals surface area contributed by atoms with Crippen molar-refractivity contribution in [2.75, 3.05) is 6.54 Å². The van der Waals surface area contributed by atoms with Gasteiger partial charge in [0.1, 0.15) is 11.9 Å². The van der Waals surface area contributed by atoms with Crippen molar-refractivity contribution >= 4 is 5.97 Å². The molecule has 0 amide bonds. The van der Waals surface area contributed by atoms with E-state index < -0.39 is 5.97 Å². The third kappa shape index (κ3) is 3.94. The molecule has 1 rings (SSSR count). The molecule has 0 bridgehead atoms. The average molecular weight is 223 g/mol. The van der Waals surface area contributed by atoms with Crippen LogP contribution in [0.1, 0.15) is 36.8 Å². The summed E-state index contributed by atoms with van der Waals surface area (Å²) in [6.45, 7) is 7.58. The number of carboxylic acids is 1. The van der Waals surface area contributed by atoms with E-state index in [1.807, 2.05) is 0 Å². The maximum absolute atomic E-state index is 10.9. The van der Waals surface area contributed by atoms with E-state index >= 15 is 0 Å². The summed E-state index contributed by atoms with van der Waals surface area (Å²) in [7, 11) is 0. The van der Waals surface area contributed by atoms with Gasteiger partial charge in [0.2, 0.25) is 0 Å². The molecule has 0 atom stereocenters. The summed E-state index contributed by atoms with van der Waals surface area (Å²) in [4.78, 5) is 18.5. The number of aromatic nitrogens is 2. The van der Waals surface area contributed by atoms with Crippen molar-refractivity contribution in [2.24, 2.45) is 5.41 Å². The van der Waals surface area contributed by atoms with Gasteiger partial charge in [0.05, 0.1) is 5.69 Å². The highest BCUT2D eigenvalue weighted by atomic mass is 16.4. The Morgan fingerprint density at radius 3 is 2.75 bits per heavy atom. The highest BCUT2D eigenvalue weighted by molar-refractivity contribution is 5.88. The van der Waals surface area contributed by atoms with Crippen molar-refractivity contribution in [3.05, 3.63) is 23.8 Å². The predicted molar refractivity (Wildman–Crippen MR) is 60.2 cm³/mol. The molecular formula is C11H17N3O2. The standard InChI is InChI=1S/C11H17N3O2/c1-11(2,3)6-12-5-9-8(10(15)16)4-13-7-14-9/h4,7,12H,5-6H2,1-3H3,(H,15,16). The molecule has 0 aliphatic heterocycles. The summed E-state index contributed by atoms with van der Waals surface area (Å²) in [5, 5.41) is 12.1. The smallest absolute Gasteiger partial charge is 0.339 e. The number of hydrogen-bond acceptors (Lipinski definition) is 4. The Balaban J connectivity index is 2.64. The maximum atomic E-state index is 10.9. The second kappa shape index (κ2) is 5.03. The van der Waals surface area contributed by atoms with Gasteiger partial charge in [0.15, 0.2) is 0 Å². The van der Waals surface area contributed by atoms with Gasteiger partial charge in [0.25, 0.3) is 0 Å². The second-order valence-corrected chi connectivity index (χ2v) is 4.85. The van der Waals surface area contributed by atoms with Gasteiger partial charge in [-0.2, -0.15) is 0 Å². The topological polar surface area (TPSA) is 75.1 Å². The van der Waals surface area contributed by atoms with Crippen molar-refractivity contribution in [3.63, 3.8) is 0 Å². The molecule has 1 heterocycles. The van der Waals surface area contributed by atoms with E-state index in [-0.39, 0.29) is 11.0 Å². The molecule has 2 N–H and O–H groups in total. The first-order valence-electron chi connectivity index (χ1n) is 5.13. The zero-order valence-corrected chi connectivity index (χ0v) is 9.82. The fraction of sp³-hybridized carbons (Fsp3) is 0.545. The molecule has 0 fully saturated rings. The van der Waals surface area contributed by atoms with E-state index in [1.165, 1.54) is 12.5 Å². The molecule has 16 heavy (non-hydrogen) atoms. The molecule has 0 saturated carbocycles. The highest BCUT2D eigenvalue weighted by Crippen LogP contribution is 2.11. The Hall–Kier alpha value is -1.49. The summed E-state index contributed by atoms with van der Waals surface area (Å²) in [6.07, 6.45) is 2.68. The van der Waals surface area contributed by atoms with Gasteiger partial charge in [-0.15, -0.1) is 0 Å². The lowest BCUT2D eigenvalue weighted by Gasteiger charge is -2.18. The van der Waals surface area contributed by atoms with Crippen LogP contribution in [0.4, 0.5) is 0 Å². The van der Waals surface area contributed by atoms with Crippen LogP contribution < -0.4 is 5.32 Å². The molecule has 5 heteroatoms. The van der Waals surface area contributed by atoms with E-state index in [1.54, 1.807) is 0 Å². The van der Waals surface area contributed by atoms with Crippen LogP contribution in [0.15, 0.2) is 12.5 Å². The minimum Gasteiger partial charge on any atom is -0.478 e. The quantitative estimate of drug-likeness (QED) is 0.805. The summed E-state index contributed by atoms with van der Waals surface area (Å²) in [6, 6.07) is 0. The molecule has 1 aromatic rings. The van der Waals surface area contributed by atoms with E-state index in [9.17, 15) is 4.79 Å². The zero-order chi connectivity index (χ0) is 12.2. The van der Waals surface area contributed by atoms with Crippen LogP contribution in [0.3, 0.4) is 0 Å². The van der Waals surface area contributed by atoms with Crippen molar-refractivity contribution < 1.29 is 9.90 Å². The zero-order valence-electron chi connectivity index (χ0n) is 9.82. The Bertz CT molecular complexity index is 372. The molecule has 0 aliphatic carbocycles. The number of aromatic carboxylic acids is 1. The lowest BCUT2D eigenvalue weighted by molar-refractivity contribution is 0.0694. The molecule has 0 saturated heterocycles. The van der Waals surface area contributed by atoms with Crippen LogP contribution in [0.25, 0.3) is 0 Å². The lowest BCUT2D eigenvalue weighted by Crippen LogP contribution is -2.27. The molecule has 1 aromatic heterocycles. The Morgan fingerprint density at radius 1 is 1.50 bits per heavy atom. The van der Waals surface area contributed by atoms with E-state index in [2.05, 4.69) is 36.1 Å². The second-order valence-electron chi connectivity index (χ2n) is 4.85. The minimum absolute atomic E-state index is 0.156. The number of rotatable bonds is 4. The summed E-state index contributed by atoms with van der Waals surface area (Å²) in [5.74, 6) is -0.992. The van der Waals surface area contributed by atoms with E-state index in [4.69, 9.17) is 5.11 Å². The highest BCUT2D eigenvalue weighted by Gasteiger charge is 2.13. The van der Waals surface area contributed by atoms with Crippen molar-refractivity contribution in [2.45, 2.75) is 27.3 Å². The van der Waals surface area contributed by atoms with Gasteiger partial charge in [-0.05, 0) is 5.41 Å². The first-order chi connectivity index (χ1) is 7.40. The van der Waals surface area contributed by atoms with Crippen molar-refractivity contribution in [1.82, 2.24) is 15.3 Å². The number of nitrogens with one attached hydrogen (secondary N) is 1. The fourth-order valence-corrected chi connectivity index (χ4v) is 1.23. The van der Waals surface area contributed by atoms with E-state index in [0.717, 1.165) is 6.54 Å². The SMILES string of the molecule is CC(C)(C)CNCc1ncncc1C(=O)O. The van der Waals surface area contributed by atoms with Gasteiger partial charge < -0.3 is 10.4 Å². The lowest BCUT2D eigenvalue weighted by atomic mass is 9.97. The van der Waals surface area contributed by atoms with E-state index in [0.29, 0.717) is 12.2 Å². The first-order valence-corrected chi connectivity index (χ1v) is 5.13.